The largest absolute Gasteiger partial charge is 0.473 e. The molecule has 0 aliphatic heterocycles. The molecule has 0 aliphatic carbocycles. The number of aliphatic imine (C=N–C) groups is 1. The van der Waals surface area contributed by atoms with E-state index in [4.69, 9.17) is 16.3 Å². The molecule has 1 aromatic carbocycles. The van der Waals surface area contributed by atoms with Crippen LogP contribution >= 0.6 is 35.6 Å². The number of pyridine rings is 2. The fourth-order valence-corrected chi connectivity index (χ4v) is 2.90. The number of halogens is 2. The molecule has 0 spiro atoms. The van der Waals surface area contributed by atoms with E-state index in [-0.39, 0.29) is 24.0 Å². The lowest BCUT2D eigenvalue weighted by Gasteiger charge is -2.12. The summed E-state index contributed by atoms with van der Waals surface area (Å²) in [7, 11) is 0. The number of aromatic nitrogens is 2. The first kappa shape index (κ1) is 24.9. The summed E-state index contributed by atoms with van der Waals surface area (Å²) in [6.45, 7) is 4.49. The van der Waals surface area contributed by atoms with E-state index in [1.807, 2.05) is 55.5 Å². The third kappa shape index (κ3) is 8.70. The van der Waals surface area contributed by atoms with E-state index in [1.165, 1.54) is 0 Å². The molecule has 6 nitrogen and oxygen atoms in total. The molecule has 0 radical (unpaired) electrons. The van der Waals surface area contributed by atoms with Crippen molar-refractivity contribution in [3.8, 4) is 5.88 Å². The summed E-state index contributed by atoms with van der Waals surface area (Å²) in [5.41, 5.74) is 3.16. The number of nitrogens with zero attached hydrogens (tertiary/aromatic N) is 3. The molecule has 0 saturated carbocycles. The maximum absolute atomic E-state index is 5.93. The minimum absolute atomic E-state index is 0. The second-order valence-corrected chi connectivity index (χ2v) is 6.99. The topological polar surface area (TPSA) is 71.4 Å². The standard InChI is InChI=1S/C23H26ClN5O.HI/c1-2-25-23(27-14-12-18-10-11-21(24)28-15-18)29-16-20-9-6-13-26-22(20)30-17-19-7-4-3-5-8-19;/h3-11,13,15H,2,12,14,16-17H2,1H3,(H2,25,27,29);1H. The Morgan fingerprint density at radius 3 is 2.58 bits per heavy atom. The quantitative estimate of drug-likeness (QED) is 0.176. The van der Waals surface area contributed by atoms with Gasteiger partial charge in [-0.1, -0.05) is 54.1 Å². The molecule has 0 unspecified atom stereocenters. The molecule has 0 fully saturated rings. The maximum atomic E-state index is 5.93. The highest BCUT2D eigenvalue weighted by Gasteiger charge is 2.06. The first-order chi connectivity index (χ1) is 14.7. The fourth-order valence-electron chi connectivity index (χ4n) is 2.79. The van der Waals surface area contributed by atoms with Gasteiger partial charge >= 0.3 is 0 Å². The first-order valence-corrected chi connectivity index (χ1v) is 10.4. The van der Waals surface area contributed by atoms with Crippen molar-refractivity contribution in [3.63, 3.8) is 0 Å². The minimum Gasteiger partial charge on any atom is -0.473 e. The number of nitrogens with one attached hydrogen (secondary N) is 2. The Kier molecular flexibility index (Phi) is 11.1. The van der Waals surface area contributed by atoms with Crippen molar-refractivity contribution in [2.75, 3.05) is 13.1 Å². The summed E-state index contributed by atoms with van der Waals surface area (Å²) in [6.07, 6.45) is 4.35. The van der Waals surface area contributed by atoms with Gasteiger partial charge in [-0.3, -0.25) is 0 Å². The van der Waals surface area contributed by atoms with Crippen LogP contribution in [-0.2, 0) is 19.6 Å². The molecule has 3 rings (SSSR count). The molecule has 2 N–H and O–H groups in total. The van der Waals surface area contributed by atoms with Gasteiger partial charge in [0.25, 0.3) is 0 Å². The Morgan fingerprint density at radius 1 is 1.00 bits per heavy atom. The van der Waals surface area contributed by atoms with Crippen LogP contribution in [0.25, 0.3) is 0 Å². The summed E-state index contributed by atoms with van der Waals surface area (Å²) in [5.74, 6) is 1.35. The van der Waals surface area contributed by atoms with Crippen LogP contribution in [0.3, 0.4) is 0 Å². The van der Waals surface area contributed by atoms with Gasteiger partial charge in [0.2, 0.25) is 5.88 Å². The van der Waals surface area contributed by atoms with E-state index in [0.717, 1.165) is 42.2 Å². The molecule has 2 aromatic heterocycles. The van der Waals surface area contributed by atoms with Crippen molar-refractivity contribution in [3.05, 3.63) is 88.8 Å². The van der Waals surface area contributed by atoms with Crippen LogP contribution in [0.15, 0.2) is 72.0 Å². The summed E-state index contributed by atoms with van der Waals surface area (Å²) in [5, 5.41) is 7.12. The predicted molar refractivity (Wildman–Crippen MR) is 136 cm³/mol. The molecule has 164 valence electrons. The highest BCUT2D eigenvalue weighted by Crippen LogP contribution is 2.17. The highest BCUT2D eigenvalue weighted by molar-refractivity contribution is 14.0. The lowest BCUT2D eigenvalue weighted by atomic mass is 10.2. The van der Waals surface area contributed by atoms with Crippen LogP contribution in [0.2, 0.25) is 5.15 Å². The van der Waals surface area contributed by atoms with Gasteiger partial charge in [0.15, 0.2) is 5.96 Å². The van der Waals surface area contributed by atoms with E-state index >= 15 is 0 Å². The summed E-state index contributed by atoms with van der Waals surface area (Å²) < 4.78 is 5.93. The van der Waals surface area contributed by atoms with Crippen molar-refractivity contribution in [2.45, 2.75) is 26.5 Å². The average Bonchev–Trinajstić information content (AvgIpc) is 2.78. The molecule has 0 aliphatic rings. The minimum atomic E-state index is 0. The van der Waals surface area contributed by atoms with Gasteiger partial charge in [-0.2, -0.15) is 0 Å². The lowest BCUT2D eigenvalue weighted by Crippen LogP contribution is -2.38. The molecule has 0 saturated heterocycles. The fraction of sp³-hybridized carbons (Fsp3) is 0.261. The Bertz CT molecular complexity index is 938. The van der Waals surface area contributed by atoms with E-state index in [0.29, 0.717) is 24.2 Å². The van der Waals surface area contributed by atoms with Crippen LogP contribution in [-0.4, -0.2) is 29.0 Å². The Morgan fingerprint density at radius 2 is 1.84 bits per heavy atom. The van der Waals surface area contributed by atoms with E-state index in [1.54, 1.807) is 18.5 Å². The van der Waals surface area contributed by atoms with E-state index in [2.05, 4.69) is 25.6 Å². The molecule has 0 amide bonds. The molecule has 0 atom stereocenters. The maximum Gasteiger partial charge on any atom is 0.218 e. The van der Waals surface area contributed by atoms with Crippen LogP contribution in [0.1, 0.15) is 23.6 Å². The van der Waals surface area contributed by atoms with Gasteiger partial charge in [-0.25, -0.2) is 15.0 Å². The molecular weight excluding hydrogens is 525 g/mol. The van der Waals surface area contributed by atoms with Crippen LogP contribution < -0.4 is 15.4 Å². The lowest BCUT2D eigenvalue weighted by molar-refractivity contribution is 0.290. The third-order valence-corrected chi connectivity index (χ3v) is 4.54. The second kappa shape index (κ2) is 13.8. The Labute approximate surface area is 205 Å². The number of rotatable bonds is 9. The van der Waals surface area contributed by atoms with Gasteiger partial charge in [0.05, 0.1) is 6.54 Å². The molecule has 2 heterocycles. The molecule has 0 bridgehead atoms. The smallest absolute Gasteiger partial charge is 0.218 e. The van der Waals surface area contributed by atoms with Gasteiger partial charge in [-0.05, 0) is 36.6 Å². The van der Waals surface area contributed by atoms with Crippen molar-refractivity contribution < 1.29 is 4.74 Å². The van der Waals surface area contributed by atoms with Crippen molar-refractivity contribution in [2.24, 2.45) is 4.99 Å². The Balaban J connectivity index is 0.00000341. The van der Waals surface area contributed by atoms with Crippen molar-refractivity contribution in [1.82, 2.24) is 20.6 Å². The summed E-state index contributed by atoms with van der Waals surface area (Å²) in [6, 6.07) is 17.7. The predicted octanol–water partition coefficient (Wildman–Crippen LogP) is 4.62. The van der Waals surface area contributed by atoms with Gasteiger partial charge in [0, 0.05) is 31.0 Å². The number of benzene rings is 1. The molecule has 8 heteroatoms. The summed E-state index contributed by atoms with van der Waals surface area (Å²) in [4.78, 5) is 13.2. The summed E-state index contributed by atoms with van der Waals surface area (Å²) >= 11 is 5.84. The zero-order valence-corrected chi connectivity index (χ0v) is 20.5. The molecule has 3 aromatic rings. The number of hydrogen-bond acceptors (Lipinski definition) is 4. The number of guanidine groups is 1. The molecular formula is C23H27ClIN5O. The van der Waals surface area contributed by atoms with E-state index < -0.39 is 0 Å². The number of ether oxygens (including phenoxy) is 1. The third-order valence-electron chi connectivity index (χ3n) is 4.31. The SMILES string of the molecule is CCNC(=NCc1cccnc1OCc1ccccc1)NCCc1ccc(Cl)nc1.I. The Hall–Kier alpha value is -2.39. The first-order valence-electron chi connectivity index (χ1n) is 9.98. The van der Waals surface area contributed by atoms with Crippen molar-refractivity contribution in [1.29, 1.82) is 0 Å². The second-order valence-electron chi connectivity index (χ2n) is 6.60. The average molecular weight is 552 g/mol. The highest BCUT2D eigenvalue weighted by atomic mass is 127. The van der Waals surface area contributed by atoms with E-state index in [9.17, 15) is 0 Å². The normalized spacial score (nSPS) is 10.8. The van der Waals surface area contributed by atoms with Gasteiger partial charge in [0.1, 0.15) is 11.8 Å². The monoisotopic (exact) mass is 551 g/mol. The van der Waals surface area contributed by atoms with Crippen molar-refractivity contribution >= 4 is 41.5 Å². The van der Waals surface area contributed by atoms with Crippen LogP contribution in [0.4, 0.5) is 0 Å². The zero-order valence-electron chi connectivity index (χ0n) is 17.4. The zero-order chi connectivity index (χ0) is 21.0. The van der Waals surface area contributed by atoms with Crippen LogP contribution in [0, 0.1) is 0 Å². The van der Waals surface area contributed by atoms with Gasteiger partial charge < -0.3 is 15.4 Å². The van der Waals surface area contributed by atoms with Crippen LogP contribution in [0.5, 0.6) is 5.88 Å². The van der Waals surface area contributed by atoms with Gasteiger partial charge in [-0.15, -0.1) is 24.0 Å². The number of hydrogen-bond donors (Lipinski definition) is 2. The molecule has 31 heavy (non-hydrogen) atoms.